The molecule has 0 atom stereocenters. The molecule has 0 saturated carbocycles. The molecule has 2 aromatic heterocycles. The van der Waals surface area contributed by atoms with Gasteiger partial charge < -0.3 is 8.83 Å². The van der Waals surface area contributed by atoms with E-state index in [0.717, 1.165) is 44.2 Å². The van der Waals surface area contributed by atoms with E-state index in [1.165, 1.54) is 66.1 Å². The molecule has 6 heteroatoms. The fourth-order valence-electron chi connectivity index (χ4n) is 7.90. The Hall–Kier alpha value is -4.70. The van der Waals surface area contributed by atoms with E-state index in [9.17, 15) is 0 Å². The van der Waals surface area contributed by atoms with Gasteiger partial charge in [0.2, 0.25) is 0 Å². The minimum atomic E-state index is -1.65. The van der Waals surface area contributed by atoms with Crippen LogP contribution in [0.5, 0.6) is 0 Å². The minimum Gasteiger partial charge on any atom is -0.498 e. The second-order valence-corrected chi connectivity index (χ2v) is 38.2. The number of rotatable bonds is 4. The summed E-state index contributed by atoms with van der Waals surface area (Å²) >= 11 is -1.65. The fraction of sp³-hybridized carbons (Fsp3) is 0.115. The summed E-state index contributed by atoms with van der Waals surface area (Å²) < 4.78 is 11.9. The second kappa shape index (κ2) is 17.3. The molecule has 0 N–H and O–H groups in total. The third kappa shape index (κ3) is 8.01. The predicted octanol–water partition coefficient (Wildman–Crippen LogP) is 16.7. The third-order valence-electron chi connectivity index (χ3n) is 10.9. The number of halogens is 2. The van der Waals surface area contributed by atoms with Gasteiger partial charge in [-0.1, -0.05) is 131 Å². The van der Waals surface area contributed by atoms with Gasteiger partial charge in [0.15, 0.2) is 0 Å². The van der Waals surface area contributed by atoms with Crippen molar-refractivity contribution in [2.45, 2.75) is 40.8 Å². The van der Waals surface area contributed by atoms with E-state index in [4.69, 9.17) is 25.9 Å². The molecule has 8 aromatic carbocycles. The molecule has 0 unspecified atom stereocenters. The maximum absolute atomic E-state index is 5.93. The Labute approximate surface area is 355 Å². The maximum Gasteiger partial charge on any atom is 0.0875 e. The molecular weight excluding hydrogens is 847 g/mol. The number of benzene rings is 6. The van der Waals surface area contributed by atoms with E-state index < -0.39 is 18.0 Å². The molecule has 288 valence electrons. The van der Waals surface area contributed by atoms with Gasteiger partial charge in [-0.3, -0.25) is 0 Å². The number of aryl methyl sites for hydroxylation is 4. The Morgan fingerprint density at radius 2 is 0.845 bits per heavy atom. The van der Waals surface area contributed by atoms with Crippen LogP contribution < -0.4 is 0 Å². The number of hydrogen-bond donors (Lipinski definition) is 0. The van der Waals surface area contributed by atoms with E-state index in [1.807, 2.05) is 24.7 Å². The molecule has 2 heterocycles. The van der Waals surface area contributed by atoms with Crippen LogP contribution in [0.1, 0.15) is 22.3 Å². The van der Waals surface area contributed by atoms with E-state index in [-0.39, 0.29) is 5.43 Å². The molecule has 0 spiro atoms. The van der Waals surface area contributed by atoms with Crippen molar-refractivity contribution in [1.82, 2.24) is 0 Å². The minimum absolute atomic E-state index is 0.224. The molecule has 10 aromatic rings. The van der Waals surface area contributed by atoms with Crippen molar-refractivity contribution in [3.8, 4) is 44.9 Å². The van der Waals surface area contributed by atoms with Gasteiger partial charge in [0, 0.05) is 10.8 Å². The van der Waals surface area contributed by atoms with E-state index >= 15 is 0 Å². The summed E-state index contributed by atoms with van der Waals surface area (Å²) in [6.07, 6.45) is 3.69. The van der Waals surface area contributed by atoms with Crippen LogP contribution in [0.25, 0.3) is 88.0 Å². The first-order valence-electron chi connectivity index (χ1n) is 19.5. The van der Waals surface area contributed by atoms with Crippen molar-refractivity contribution in [2.75, 3.05) is 0 Å². The zero-order chi connectivity index (χ0) is 40.5. The molecule has 0 amide bonds. The predicted molar refractivity (Wildman–Crippen MR) is 249 cm³/mol. The molecule has 0 fully saturated rings. The summed E-state index contributed by atoms with van der Waals surface area (Å²) in [5, 5.41) is 9.69. The van der Waals surface area contributed by atoms with E-state index in [1.54, 1.807) is 0 Å². The fourth-order valence-corrected chi connectivity index (χ4v) is 7.90. The Morgan fingerprint density at radius 3 is 1.24 bits per heavy atom. The van der Waals surface area contributed by atoms with Crippen LogP contribution in [-0.2, 0) is 18.0 Å². The van der Waals surface area contributed by atoms with E-state index in [2.05, 4.69) is 174 Å². The summed E-state index contributed by atoms with van der Waals surface area (Å²) in [5.41, 5.74) is 12.5. The monoisotopic (exact) mass is 888 g/mol. The number of furan rings is 2. The van der Waals surface area contributed by atoms with Gasteiger partial charge in [0.05, 0.1) is 24.0 Å². The van der Waals surface area contributed by atoms with Gasteiger partial charge in [-0.2, -0.15) is 0 Å². The molecule has 0 radical (unpaired) electrons. The van der Waals surface area contributed by atoms with Crippen molar-refractivity contribution in [3.63, 3.8) is 0 Å². The van der Waals surface area contributed by atoms with Crippen LogP contribution in [0.15, 0.2) is 167 Å². The molecule has 0 bridgehead atoms. The molecule has 0 aliphatic rings. The Balaban J connectivity index is 0.000000142. The first kappa shape index (κ1) is 40.1. The molecule has 0 saturated heterocycles. The molecule has 2 nitrogen and oxygen atoms in total. The summed E-state index contributed by atoms with van der Waals surface area (Å²) in [6.45, 7) is 13.1. The maximum atomic E-state index is 5.93. The van der Waals surface area contributed by atoms with Crippen LogP contribution in [0.3, 0.4) is 0 Å². The average Bonchev–Trinajstić information content (AvgIpc) is 4.04. The molecule has 58 heavy (non-hydrogen) atoms. The van der Waals surface area contributed by atoms with Crippen LogP contribution >= 0.6 is 17.0 Å². The Kier molecular flexibility index (Phi) is 11.9. The van der Waals surface area contributed by atoms with Gasteiger partial charge in [-0.25, -0.2) is 0 Å². The van der Waals surface area contributed by atoms with Crippen LogP contribution in [-0.4, -0.2) is 5.43 Å². The average molecular weight is 891 g/mol. The first-order chi connectivity index (χ1) is 28.1. The Bertz CT molecular complexity index is 2900. The Morgan fingerprint density at radius 1 is 0.466 bits per heavy atom. The van der Waals surface area contributed by atoms with E-state index in [0.29, 0.717) is 0 Å². The summed E-state index contributed by atoms with van der Waals surface area (Å²) in [6, 6.07) is 51.7. The van der Waals surface area contributed by atoms with Gasteiger partial charge in [-0.05, 0) is 71.8 Å². The third-order valence-corrected chi connectivity index (χ3v) is 30.7. The van der Waals surface area contributed by atoms with Crippen molar-refractivity contribution < 1.29 is 26.8 Å². The quantitative estimate of drug-likeness (QED) is 0.130. The molecular formula is C52H44Cl2O2SiZr-2. The topological polar surface area (TPSA) is 26.3 Å². The van der Waals surface area contributed by atoms with Crippen molar-refractivity contribution in [3.05, 3.63) is 180 Å². The van der Waals surface area contributed by atoms with Crippen molar-refractivity contribution in [2.24, 2.45) is 0 Å². The smallest absolute Gasteiger partial charge is 0.0875 e. The second-order valence-electron chi connectivity index (χ2n) is 15.2. The molecule has 0 aliphatic heterocycles. The van der Waals surface area contributed by atoms with Gasteiger partial charge in [0.25, 0.3) is 0 Å². The van der Waals surface area contributed by atoms with Crippen molar-refractivity contribution >= 4 is 65.5 Å². The molecule has 0 aliphatic carbocycles. The van der Waals surface area contributed by atoms with Crippen LogP contribution in [0.4, 0.5) is 0 Å². The van der Waals surface area contributed by atoms with Crippen LogP contribution in [0.2, 0.25) is 13.1 Å². The zero-order valence-corrected chi connectivity index (χ0v) is 38.6. The summed E-state index contributed by atoms with van der Waals surface area (Å²) in [5.74, 6) is 1.90. The van der Waals surface area contributed by atoms with Gasteiger partial charge in [-0.15, -0.1) is 57.9 Å². The summed E-state index contributed by atoms with van der Waals surface area (Å²) in [4.78, 5) is 0. The number of fused-ring (bicyclic) bond motifs is 4. The van der Waals surface area contributed by atoms with Gasteiger partial charge in [0.1, 0.15) is 0 Å². The largest absolute Gasteiger partial charge is 0.498 e. The normalized spacial score (nSPS) is 11.1. The van der Waals surface area contributed by atoms with Crippen LogP contribution in [0, 0.1) is 27.7 Å². The summed E-state index contributed by atoms with van der Waals surface area (Å²) in [7, 11) is 11.2. The molecule has 10 rings (SSSR count). The standard InChI is InChI=1S/2C25H19O.C2H6Si.2ClH.Zr/c2*1-16-7-3-5-9-21(16)24-17(2)11-12-18-13-20(14-23(18)24)25-22-10-6-4-8-19(22)15-26-25;1-3-2;;;/h2*3-15H,1-2H3;1-2H3;2*1H;/q2*-1;;;;+2/p-2. The first-order valence-corrected chi connectivity index (χ1v) is 32.0. The zero-order valence-electron chi connectivity index (χ0n) is 33.6. The van der Waals surface area contributed by atoms with Crippen molar-refractivity contribution in [1.29, 1.82) is 0 Å². The van der Waals surface area contributed by atoms with Gasteiger partial charge >= 0.3 is 53.5 Å². The number of hydrogen-bond acceptors (Lipinski definition) is 2. The SMILES string of the molecule is C[Si](C)=[Zr]([Cl])[Cl].Cc1ccccc1-c1c(C)ccc2[cH-]c(-c3occ4ccccc34)cc12.Cc1ccccc1-c1c(C)ccc2[cH-]c(-c3occ4ccccc34)cc12.